The van der Waals surface area contributed by atoms with Gasteiger partial charge in [0.05, 0.1) is 24.9 Å². The number of rotatable bonds is 4. The topological polar surface area (TPSA) is 41.5 Å². The van der Waals surface area contributed by atoms with E-state index in [2.05, 4.69) is 5.32 Å². The first-order chi connectivity index (χ1) is 8.29. The molecule has 0 aromatic heterocycles. The third kappa shape index (κ3) is 2.87. The van der Waals surface area contributed by atoms with Crippen LogP contribution >= 0.6 is 11.8 Å². The maximum absolute atomic E-state index is 9.65. The lowest BCUT2D eigenvalue weighted by molar-refractivity contribution is 0.214. The van der Waals surface area contributed by atoms with Crippen LogP contribution in [0.25, 0.3) is 0 Å². The quantitative estimate of drug-likeness (QED) is 0.864. The molecule has 1 aliphatic heterocycles. The second kappa shape index (κ2) is 5.65. The summed E-state index contributed by atoms with van der Waals surface area (Å²) in [6.07, 6.45) is 2.15. The SMILES string of the molecule is COc1ccccc1NC1(CO)CCCSC1. The number of ether oxygens (including phenoxy) is 1. The molecule has 1 aromatic rings. The van der Waals surface area contributed by atoms with E-state index in [0.29, 0.717) is 0 Å². The predicted octanol–water partition coefficient (Wildman–Crippen LogP) is 2.37. The molecule has 0 aliphatic carbocycles. The summed E-state index contributed by atoms with van der Waals surface area (Å²) in [5, 5.41) is 13.1. The van der Waals surface area contributed by atoms with Gasteiger partial charge in [0, 0.05) is 5.75 Å². The maximum Gasteiger partial charge on any atom is 0.141 e. The van der Waals surface area contributed by atoms with Crippen molar-refractivity contribution in [2.75, 3.05) is 30.5 Å². The van der Waals surface area contributed by atoms with Crippen molar-refractivity contribution in [1.82, 2.24) is 0 Å². The van der Waals surface area contributed by atoms with Crippen molar-refractivity contribution >= 4 is 17.4 Å². The van der Waals surface area contributed by atoms with Crippen LogP contribution in [0.4, 0.5) is 5.69 Å². The minimum absolute atomic E-state index is 0.165. The number of methoxy groups -OCH3 is 1. The van der Waals surface area contributed by atoms with Crippen molar-refractivity contribution in [2.45, 2.75) is 18.4 Å². The van der Waals surface area contributed by atoms with Gasteiger partial charge in [0.2, 0.25) is 0 Å². The molecular formula is C13H19NO2S. The molecule has 1 aliphatic rings. The molecule has 1 heterocycles. The Kier molecular flexibility index (Phi) is 4.18. The van der Waals surface area contributed by atoms with Crippen LogP contribution in [0.5, 0.6) is 5.75 Å². The number of benzene rings is 1. The van der Waals surface area contributed by atoms with E-state index in [9.17, 15) is 5.11 Å². The summed E-state index contributed by atoms with van der Waals surface area (Å²) < 4.78 is 5.33. The number of aliphatic hydroxyl groups excluding tert-OH is 1. The van der Waals surface area contributed by atoms with Gasteiger partial charge in [-0.2, -0.15) is 11.8 Å². The minimum Gasteiger partial charge on any atom is -0.495 e. The maximum atomic E-state index is 9.65. The van der Waals surface area contributed by atoms with E-state index in [1.54, 1.807) is 7.11 Å². The molecule has 3 nitrogen and oxygen atoms in total. The Morgan fingerprint density at radius 1 is 1.47 bits per heavy atom. The summed E-state index contributed by atoms with van der Waals surface area (Å²) in [6.45, 7) is 0.165. The molecule has 2 rings (SSSR count). The molecule has 2 N–H and O–H groups in total. The van der Waals surface area contributed by atoms with E-state index in [4.69, 9.17) is 4.74 Å². The highest BCUT2D eigenvalue weighted by Gasteiger charge is 2.32. The number of para-hydroxylation sites is 2. The summed E-state index contributed by atoms with van der Waals surface area (Å²) in [5.74, 6) is 2.97. The Hall–Kier alpha value is -0.870. The highest BCUT2D eigenvalue weighted by Crippen LogP contribution is 2.33. The third-order valence-corrected chi connectivity index (χ3v) is 4.47. The minimum atomic E-state index is -0.197. The van der Waals surface area contributed by atoms with Gasteiger partial charge in [-0.15, -0.1) is 0 Å². The Bertz CT molecular complexity index is 364. The molecule has 1 unspecified atom stereocenters. The van der Waals surface area contributed by atoms with Crippen LogP contribution in [0.3, 0.4) is 0 Å². The summed E-state index contributed by atoms with van der Waals surface area (Å²) >= 11 is 1.90. The standard InChI is InChI=1S/C13H19NO2S/c1-16-12-6-3-2-5-11(12)14-13(9-15)7-4-8-17-10-13/h2-3,5-6,14-15H,4,7-10H2,1H3. The van der Waals surface area contributed by atoms with Crippen LogP contribution in [-0.4, -0.2) is 35.9 Å². The molecule has 94 valence electrons. The van der Waals surface area contributed by atoms with Crippen LogP contribution < -0.4 is 10.1 Å². The summed E-state index contributed by atoms with van der Waals surface area (Å²) in [6, 6.07) is 7.86. The second-order valence-corrected chi connectivity index (χ2v) is 5.53. The highest BCUT2D eigenvalue weighted by atomic mass is 32.2. The normalized spacial score (nSPS) is 24.4. The molecular weight excluding hydrogens is 234 g/mol. The molecule has 1 saturated heterocycles. The smallest absolute Gasteiger partial charge is 0.141 e. The van der Waals surface area contributed by atoms with Gasteiger partial charge in [-0.1, -0.05) is 12.1 Å². The van der Waals surface area contributed by atoms with Gasteiger partial charge in [0.1, 0.15) is 5.75 Å². The van der Waals surface area contributed by atoms with E-state index >= 15 is 0 Å². The molecule has 1 atom stereocenters. The monoisotopic (exact) mass is 253 g/mol. The Balaban J connectivity index is 2.17. The lowest BCUT2D eigenvalue weighted by Crippen LogP contribution is -2.46. The van der Waals surface area contributed by atoms with Crippen molar-refractivity contribution in [1.29, 1.82) is 0 Å². The van der Waals surface area contributed by atoms with Crippen molar-refractivity contribution in [3.63, 3.8) is 0 Å². The fraction of sp³-hybridized carbons (Fsp3) is 0.538. The van der Waals surface area contributed by atoms with E-state index in [-0.39, 0.29) is 12.1 Å². The summed E-state index contributed by atoms with van der Waals surface area (Å²) in [5.41, 5.74) is 0.768. The van der Waals surface area contributed by atoms with Crippen molar-refractivity contribution in [2.24, 2.45) is 0 Å². The molecule has 0 spiro atoms. The molecule has 17 heavy (non-hydrogen) atoms. The largest absolute Gasteiger partial charge is 0.495 e. The first kappa shape index (κ1) is 12.6. The summed E-state index contributed by atoms with van der Waals surface area (Å²) in [4.78, 5) is 0. The average Bonchev–Trinajstić information content (AvgIpc) is 2.40. The van der Waals surface area contributed by atoms with Gasteiger partial charge in [0.15, 0.2) is 0 Å². The zero-order valence-corrected chi connectivity index (χ0v) is 10.9. The van der Waals surface area contributed by atoms with Crippen molar-refractivity contribution < 1.29 is 9.84 Å². The number of nitrogens with one attached hydrogen (secondary N) is 1. The predicted molar refractivity (Wildman–Crippen MR) is 73.0 cm³/mol. The van der Waals surface area contributed by atoms with Crippen LogP contribution in [0.2, 0.25) is 0 Å². The van der Waals surface area contributed by atoms with Gasteiger partial charge in [-0.3, -0.25) is 0 Å². The number of thioether (sulfide) groups is 1. The zero-order chi connectivity index (χ0) is 12.1. The van der Waals surface area contributed by atoms with E-state index in [1.165, 1.54) is 5.75 Å². The second-order valence-electron chi connectivity index (χ2n) is 4.42. The van der Waals surface area contributed by atoms with Crippen LogP contribution in [0.1, 0.15) is 12.8 Å². The molecule has 0 radical (unpaired) electrons. The number of hydrogen-bond donors (Lipinski definition) is 2. The Morgan fingerprint density at radius 3 is 2.94 bits per heavy atom. The fourth-order valence-electron chi connectivity index (χ4n) is 2.15. The third-order valence-electron chi connectivity index (χ3n) is 3.13. The fourth-order valence-corrected chi connectivity index (χ4v) is 3.34. The highest BCUT2D eigenvalue weighted by molar-refractivity contribution is 7.99. The van der Waals surface area contributed by atoms with Gasteiger partial charge in [-0.05, 0) is 30.7 Å². The molecule has 0 amide bonds. The lowest BCUT2D eigenvalue weighted by atomic mass is 9.96. The lowest BCUT2D eigenvalue weighted by Gasteiger charge is -2.37. The van der Waals surface area contributed by atoms with E-state index in [0.717, 1.165) is 30.0 Å². The molecule has 0 saturated carbocycles. The number of hydrogen-bond acceptors (Lipinski definition) is 4. The van der Waals surface area contributed by atoms with E-state index in [1.807, 2.05) is 36.0 Å². The summed E-state index contributed by atoms with van der Waals surface area (Å²) in [7, 11) is 1.67. The first-order valence-electron chi connectivity index (χ1n) is 5.89. The van der Waals surface area contributed by atoms with Crippen LogP contribution in [-0.2, 0) is 0 Å². The van der Waals surface area contributed by atoms with Gasteiger partial charge < -0.3 is 15.2 Å². The van der Waals surface area contributed by atoms with Crippen molar-refractivity contribution in [3.8, 4) is 5.75 Å². The molecule has 1 aromatic carbocycles. The number of anilines is 1. The average molecular weight is 253 g/mol. The Labute approximate surface area is 107 Å². The zero-order valence-electron chi connectivity index (χ0n) is 10.1. The van der Waals surface area contributed by atoms with Gasteiger partial charge >= 0.3 is 0 Å². The first-order valence-corrected chi connectivity index (χ1v) is 7.05. The van der Waals surface area contributed by atoms with Gasteiger partial charge in [0.25, 0.3) is 0 Å². The number of aliphatic hydroxyl groups is 1. The molecule has 1 fully saturated rings. The van der Waals surface area contributed by atoms with Crippen molar-refractivity contribution in [3.05, 3.63) is 24.3 Å². The molecule has 4 heteroatoms. The van der Waals surface area contributed by atoms with Crippen LogP contribution in [0.15, 0.2) is 24.3 Å². The Morgan fingerprint density at radius 2 is 2.29 bits per heavy atom. The van der Waals surface area contributed by atoms with Crippen LogP contribution in [0, 0.1) is 0 Å². The van der Waals surface area contributed by atoms with Gasteiger partial charge in [-0.25, -0.2) is 0 Å². The van der Waals surface area contributed by atoms with E-state index < -0.39 is 0 Å². The molecule has 0 bridgehead atoms.